The van der Waals surface area contributed by atoms with E-state index in [-0.39, 0.29) is 11.8 Å². The minimum atomic E-state index is -0.452. The van der Waals surface area contributed by atoms with Gasteiger partial charge in [0.1, 0.15) is 6.04 Å². The van der Waals surface area contributed by atoms with Crippen molar-refractivity contribution in [1.82, 2.24) is 9.88 Å². The molecule has 1 atom stereocenters. The van der Waals surface area contributed by atoms with Crippen LogP contribution >= 0.6 is 11.6 Å². The lowest BCUT2D eigenvalue weighted by Crippen LogP contribution is -2.43. The van der Waals surface area contributed by atoms with Crippen LogP contribution in [0.25, 0.3) is 0 Å². The van der Waals surface area contributed by atoms with Gasteiger partial charge in [0.05, 0.1) is 0 Å². The molecule has 0 spiro atoms. The molecule has 5 nitrogen and oxygen atoms in total. The zero-order chi connectivity index (χ0) is 16.2. The molecule has 118 valence electrons. The predicted molar refractivity (Wildman–Crippen MR) is 88.4 cm³/mol. The third-order valence-corrected chi connectivity index (χ3v) is 4.11. The number of carbonyl (C=O) groups excluding carboxylic acids is 2. The van der Waals surface area contributed by atoms with E-state index in [4.69, 9.17) is 11.6 Å². The second kappa shape index (κ2) is 6.79. The molecule has 23 heavy (non-hydrogen) atoms. The first-order valence-electron chi connectivity index (χ1n) is 7.42. The monoisotopic (exact) mass is 329 g/mol. The minimum Gasteiger partial charge on any atom is -0.327 e. The lowest BCUT2D eigenvalue weighted by molar-refractivity contribution is -0.119. The molecule has 0 bridgehead atoms. The lowest BCUT2D eigenvalue weighted by atomic mass is 10.1. The number of carbonyl (C=O) groups is 2. The predicted octanol–water partition coefficient (Wildman–Crippen LogP) is 2.98. The summed E-state index contributed by atoms with van der Waals surface area (Å²) in [6.45, 7) is 0.583. The maximum absolute atomic E-state index is 12.6. The van der Waals surface area contributed by atoms with Crippen molar-refractivity contribution in [1.29, 1.82) is 0 Å². The number of benzene rings is 1. The third kappa shape index (κ3) is 3.51. The van der Waals surface area contributed by atoms with Crippen molar-refractivity contribution in [2.45, 2.75) is 18.9 Å². The van der Waals surface area contributed by atoms with Crippen LogP contribution in [0.4, 0.5) is 5.69 Å². The molecular weight excluding hydrogens is 314 g/mol. The van der Waals surface area contributed by atoms with E-state index in [1.165, 1.54) is 0 Å². The van der Waals surface area contributed by atoms with Gasteiger partial charge in [-0.1, -0.05) is 11.6 Å². The zero-order valence-electron chi connectivity index (χ0n) is 12.4. The number of pyridine rings is 1. The van der Waals surface area contributed by atoms with E-state index < -0.39 is 6.04 Å². The summed E-state index contributed by atoms with van der Waals surface area (Å²) in [6.07, 6.45) is 4.63. The van der Waals surface area contributed by atoms with Crippen LogP contribution in [0.5, 0.6) is 0 Å². The molecule has 2 aromatic rings. The Morgan fingerprint density at radius 3 is 2.52 bits per heavy atom. The van der Waals surface area contributed by atoms with Gasteiger partial charge in [-0.25, -0.2) is 0 Å². The van der Waals surface area contributed by atoms with E-state index >= 15 is 0 Å². The minimum absolute atomic E-state index is 0.138. The molecule has 3 rings (SSSR count). The fourth-order valence-corrected chi connectivity index (χ4v) is 2.83. The second-order valence-electron chi connectivity index (χ2n) is 5.39. The largest absolute Gasteiger partial charge is 0.327 e. The SMILES string of the molecule is O=C(Nc1ccc(Cl)cc1)[C@H]1CCCN1C(=O)c1ccncc1. The maximum atomic E-state index is 12.6. The van der Waals surface area contributed by atoms with E-state index in [2.05, 4.69) is 10.3 Å². The highest BCUT2D eigenvalue weighted by molar-refractivity contribution is 6.30. The number of likely N-dealkylation sites (tertiary alicyclic amines) is 1. The highest BCUT2D eigenvalue weighted by atomic mass is 35.5. The first-order chi connectivity index (χ1) is 11.1. The Morgan fingerprint density at radius 1 is 1.13 bits per heavy atom. The van der Waals surface area contributed by atoms with Crippen LogP contribution < -0.4 is 5.32 Å². The molecule has 6 heteroatoms. The number of rotatable bonds is 3. The van der Waals surface area contributed by atoms with E-state index in [9.17, 15) is 9.59 Å². The molecule has 2 amide bonds. The zero-order valence-corrected chi connectivity index (χ0v) is 13.2. The third-order valence-electron chi connectivity index (χ3n) is 3.86. The van der Waals surface area contributed by atoms with Gasteiger partial charge in [0.15, 0.2) is 0 Å². The van der Waals surface area contributed by atoms with Crippen molar-refractivity contribution in [2.75, 3.05) is 11.9 Å². The average molecular weight is 330 g/mol. The summed E-state index contributed by atoms with van der Waals surface area (Å²) >= 11 is 5.84. The van der Waals surface area contributed by atoms with Crippen LogP contribution in [-0.4, -0.2) is 34.3 Å². The number of halogens is 1. The van der Waals surface area contributed by atoms with Gasteiger partial charge >= 0.3 is 0 Å². The van der Waals surface area contributed by atoms with Crippen LogP contribution in [0.2, 0.25) is 5.02 Å². The Balaban J connectivity index is 1.72. The van der Waals surface area contributed by atoms with Gasteiger partial charge in [-0.15, -0.1) is 0 Å². The van der Waals surface area contributed by atoms with Crippen LogP contribution in [0.3, 0.4) is 0 Å². The summed E-state index contributed by atoms with van der Waals surface area (Å²) in [6, 6.07) is 9.78. The van der Waals surface area contributed by atoms with Crippen molar-refractivity contribution in [3.63, 3.8) is 0 Å². The smallest absolute Gasteiger partial charge is 0.254 e. The maximum Gasteiger partial charge on any atom is 0.254 e. The molecule has 1 saturated heterocycles. The standard InChI is InChI=1S/C17H16ClN3O2/c18-13-3-5-14(6-4-13)20-16(22)15-2-1-11-21(15)17(23)12-7-9-19-10-8-12/h3-10,15H,1-2,11H2,(H,20,22)/t15-/m1/s1. The number of nitrogens with zero attached hydrogens (tertiary/aromatic N) is 2. The number of aromatic nitrogens is 1. The van der Waals surface area contributed by atoms with Crippen molar-refractivity contribution in [3.05, 3.63) is 59.4 Å². The van der Waals surface area contributed by atoms with Crippen LogP contribution in [-0.2, 0) is 4.79 Å². The highest BCUT2D eigenvalue weighted by Gasteiger charge is 2.34. The Hall–Kier alpha value is -2.40. The summed E-state index contributed by atoms with van der Waals surface area (Å²) in [7, 11) is 0. The number of anilines is 1. The average Bonchev–Trinajstić information content (AvgIpc) is 3.07. The second-order valence-corrected chi connectivity index (χ2v) is 5.83. The van der Waals surface area contributed by atoms with Gasteiger partial charge in [-0.05, 0) is 49.2 Å². The van der Waals surface area contributed by atoms with Gasteiger partial charge in [-0.3, -0.25) is 14.6 Å². The topological polar surface area (TPSA) is 62.3 Å². The summed E-state index contributed by atoms with van der Waals surface area (Å²) < 4.78 is 0. The van der Waals surface area contributed by atoms with E-state index in [0.29, 0.717) is 29.2 Å². The molecule has 1 aromatic carbocycles. The van der Waals surface area contributed by atoms with Gasteiger partial charge in [0, 0.05) is 35.2 Å². The molecule has 0 saturated carbocycles. The number of hydrogen-bond acceptors (Lipinski definition) is 3. The molecule has 1 fully saturated rings. The Labute approximate surface area is 139 Å². The van der Waals surface area contributed by atoms with Gasteiger partial charge in [-0.2, -0.15) is 0 Å². The fraction of sp³-hybridized carbons (Fsp3) is 0.235. The Morgan fingerprint density at radius 2 is 1.83 bits per heavy atom. The van der Waals surface area contributed by atoms with Crippen molar-refractivity contribution >= 4 is 29.1 Å². The van der Waals surface area contributed by atoms with Crippen molar-refractivity contribution in [2.24, 2.45) is 0 Å². The Kier molecular flexibility index (Phi) is 4.57. The van der Waals surface area contributed by atoms with Gasteiger partial charge in [0.2, 0.25) is 5.91 Å². The molecular formula is C17H16ClN3O2. The lowest BCUT2D eigenvalue weighted by Gasteiger charge is -2.24. The quantitative estimate of drug-likeness (QED) is 0.941. The molecule has 0 radical (unpaired) electrons. The normalized spacial score (nSPS) is 17.1. The summed E-state index contributed by atoms with van der Waals surface area (Å²) in [4.78, 5) is 30.6. The van der Waals surface area contributed by atoms with Gasteiger partial charge < -0.3 is 10.2 Å². The van der Waals surface area contributed by atoms with Crippen LogP contribution in [0, 0.1) is 0 Å². The molecule has 1 aliphatic heterocycles. The Bertz CT molecular complexity index is 704. The summed E-state index contributed by atoms with van der Waals surface area (Å²) in [5, 5.41) is 3.45. The molecule has 0 unspecified atom stereocenters. The number of hydrogen-bond donors (Lipinski definition) is 1. The molecule has 2 heterocycles. The highest BCUT2D eigenvalue weighted by Crippen LogP contribution is 2.22. The number of nitrogens with one attached hydrogen (secondary N) is 1. The van der Waals surface area contributed by atoms with E-state index in [0.717, 1.165) is 6.42 Å². The molecule has 1 aliphatic rings. The molecule has 1 aromatic heterocycles. The summed E-state index contributed by atoms with van der Waals surface area (Å²) in [5.74, 6) is -0.312. The van der Waals surface area contributed by atoms with Crippen LogP contribution in [0.15, 0.2) is 48.8 Å². The van der Waals surface area contributed by atoms with Gasteiger partial charge in [0.25, 0.3) is 5.91 Å². The first-order valence-corrected chi connectivity index (χ1v) is 7.80. The summed E-state index contributed by atoms with van der Waals surface area (Å²) in [5.41, 5.74) is 1.22. The van der Waals surface area contributed by atoms with Crippen LogP contribution in [0.1, 0.15) is 23.2 Å². The van der Waals surface area contributed by atoms with E-state index in [1.807, 2.05) is 0 Å². The van der Waals surface area contributed by atoms with Crippen molar-refractivity contribution < 1.29 is 9.59 Å². The van der Waals surface area contributed by atoms with E-state index in [1.54, 1.807) is 53.7 Å². The molecule has 0 aliphatic carbocycles. The van der Waals surface area contributed by atoms with Crippen molar-refractivity contribution in [3.8, 4) is 0 Å². The first kappa shape index (κ1) is 15.5. The molecule has 1 N–H and O–H groups in total. The number of amides is 2. The fourth-order valence-electron chi connectivity index (χ4n) is 2.70.